The second kappa shape index (κ2) is 9.22. The van der Waals surface area contributed by atoms with Gasteiger partial charge in [0.25, 0.3) is 0 Å². The molecule has 2 aromatic heterocycles. The minimum Gasteiger partial charge on any atom is -0.497 e. The highest BCUT2D eigenvalue weighted by atomic mass is 16.5. The van der Waals surface area contributed by atoms with Gasteiger partial charge >= 0.3 is 5.97 Å². The van der Waals surface area contributed by atoms with Crippen LogP contribution in [-0.2, 0) is 18.3 Å². The monoisotopic (exact) mass is 468 g/mol. The molecule has 0 aliphatic carbocycles. The molecule has 0 radical (unpaired) electrons. The molecule has 3 aromatic carbocycles. The molecule has 0 fully saturated rings. The Labute approximate surface area is 204 Å². The van der Waals surface area contributed by atoms with Crippen LogP contribution in [0, 0.1) is 0 Å². The Bertz CT molecular complexity index is 1530. The molecule has 0 aliphatic rings. The van der Waals surface area contributed by atoms with Crippen LogP contribution in [0.5, 0.6) is 11.5 Å². The van der Waals surface area contributed by atoms with E-state index >= 15 is 0 Å². The van der Waals surface area contributed by atoms with E-state index in [-0.39, 0.29) is 12.6 Å². The molecule has 5 aromatic rings. The van der Waals surface area contributed by atoms with Crippen molar-refractivity contribution in [3.63, 3.8) is 0 Å². The van der Waals surface area contributed by atoms with E-state index in [1.165, 1.54) is 0 Å². The fraction of sp³-hybridized carbons (Fsp3) is 0.207. The first-order chi connectivity index (χ1) is 17.1. The van der Waals surface area contributed by atoms with Gasteiger partial charge in [-0.15, -0.1) is 0 Å². The minimum absolute atomic E-state index is 0.290. The van der Waals surface area contributed by atoms with Gasteiger partial charge in [0.2, 0.25) is 0 Å². The molecule has 2 heterocycles. The number of hydrogen-bond acceptors (Lipinski definition) is 4. The average molecular weight is 469 g/mol. The van der Waals surface area contributed by atoms with Gasteiger partial charge in [0.15, 0.2) is 0 Å². The second-order valence-corrected chi connectivity index (χ2v) is 8.34. The first-order valence-corrected chi connectivity index (χ1v) is 11.6. The Morgan fingerprint density at radius 3 is 2.29 bits per heavy atom. The van der Waals surface area contributed by atoms with Crippen LogP contribution in [0.15, 0.2) is 72.8 Å². The van der Waals surface area contributed by atoms with Crippen molar-refractivity contribution >= 4 is 27.9 Å². The number of para-hydroxylation sites is 2. The quantitative estimate of drug-likeness (QED) is 0.273. The maximum Gasteiger partial charge on any atom is 0.355 e. The molecule has 0 saturated heterocycles. The zero-order valence-electron chi connectivity index (χ0n) is 20.4. The number of nitrogens with zero attached hydrogens (tertiary/aromatic N) is 2. The number of rotatable bonds is 7. The average Bonchev–Trinajstić information content (AvgIpc) is 3.38. The molecule has 6 heteroatoms. The van der Waals surface area contributed by atoms with Crippen molar-refractivity contribution in [1.82, 2.24) is 9.13 Å². The summed E-state index contributed by atoms with van der Waals surface area (Å²) in [5, 5.41) is 1.07. The predicted octanol–water partition coefficient (Wildman–Crippen LogP) is 6.04. The number of ether oxygens (including phenoxy) is 3. The molecule has 0 bridgehead atoms. The van der Waals surface area contributed by atoms with E-state index in [4.69, 9.17) is 14.2 Å². The molecule has 178 valence electrons. The molecule has 0 aliphatic heterocycles. The highest BCUT2D eigenvalue weighted by Crippen LogP contribution is 2.41. The first kappa shape index (κ1) is 22.6. The van der Waals surface area contributed by atoms with Gasteiger partial charge in [0.1, 0.15) is 17.2 Å². The third-order valence-electron chi connectivity index (χ3n) is 6.46. The lowest BCUT2D eigenvalue weighted by Crippen LogP contribution is -2.14. The molecular formula is C29H28N2O4. The molecule has 6 nitrogen and oxygen atoms in total. The van der Waals surface area contributed by atoms with Gasteiger partial charge in [0.05, 0.1) is 43.9 Å². The topological polar surface area (TPSA) is 54.6 Å². The predicted molar refractivity (Wildman–Crippen MR) is 138 cm³/mol. The van der Waals surface area contributed by atoms with E-state index in [0.29, 0.717) is 12.2 Å². The standard InChI is InChI=1S/C29H28N2O4/c1-5-35-29(32)28-25(19-14-16-21(33-3)17-15-19)27-26(22-11-7-8-12-23(22)30(27)2)31(28)18-20-10-6-9-13-24(20)34-4/h6-17H,5,18H2,1-4H3. The van der Waals surface area contributed by atoms with Crippen molar-refractivity contribution in [3.8, 4) is 22.6 Å². The van der Waals surface area contributed by atoms with E-state index in [1.54, 1.807) is 14.2 Å². The van der Waals surface area contributed by atoms with Crippen LogP contribution < -0.4 is 9.47 Å². The van der Waals surface area contributed by atoms with Crippen molar-refractivity contribution in [1.29, 1.82) is 0 Å². The molecule has 0 spiro atoms. The van der Waals surface area contributed by atoms with Gasteiger partial charge in [0, 0.05) is 23.6 Å². The van der Waals surface area contributed by atoms with Crippen molar-refractivity contribution < 1.29 is 19.0 Å². The lowest BCUT2D eigenvalue weighted by Gasteiger charge is -2.15. The van der Waals surface area contributed by atoms with E-state index < -0.39 is 0 Å². The van der Waals surface area contributed by atoms with Crippen molar-refractivity contribution in [3.05, 3.63) is 84.1 Å². The summed E-state index contributed by atoms with van der Waals surface area (Å²) in [4.78, 5) is 13.5. The van der Waals surface area contributed by atoms with Crippen LogP contribution in [0.25, 0.3) is 33.1 Å². The van der Waals surface area contributed by atoms with E-state index in [0.717, 1.165) is 50.1 Å². The number of benzene rings is 3. The van der Waals surface area contributed by atoms with Crippen LogP contribution in [0.1, 0.15) is 23.0 Å². The minimum atomic E-state index is -0.353. The normalized spacial score (nSPS) is 11.2. The molecule has 0 atom stereocenters. The number of hydrogen-bond donors (Lipinski definition) is 0. The van der Waals surface area contributed by atoms with Crippen LogP contribution in [0.4, 0.5) is 0 Å². The van der Waals surface area contributed by atoms with Gasteiger partial charge in [-0.3, -0.25) is 0 Å². The van der Waals surface area contributed by atoms with Gasteiger partial charge in [-0.05, 0) is 36.8 Å². The molecule has 35 heavy (non-hydrogen) atoms. The van der Waals surface area contributed by atoms with Gasteiger partial charge in [-0.25, -0.2) is 4.79 Å². The second-order valence-electron chi connectivity index (χ2n) is 8.34. The smallest absolute Gasteiger partial charge is 0.355 e. The van der Waals surface area contributed by atoms with E-state index in [1.807, 2.05) is 74.6 Å². The first-order valence-electron chi connectivity index (χ1n) is 11.6. The Morgan fingerprint density at radius 1 is 0.857 bits per heavy atom. The summed E-state index contributed by atoms with van der Waals surface area (Å²) in [5.41, 5.74) is 6.33. The Morgan fingerprint density at radius 2 is 1.57 bits per heavy atom. The Balaban J connectivity index is 1.90. The van der Waals surface area contributed by atoms with Crippen LogP contribution >= 0.6 is 0 Å². The highest BCUT2D eigenvalue weighted by molar-refractivity contribution is 6.17. The Kier molecular flexibility index (Phi) is 5.95. The maximum absolute atomic E-state index is 13.5. The SMILES string of the molecule is CCOC(=O)c1c(-c2ccc(OC)cc2)c2c(c3ccccc3n2C)n1Cc1ccccc1OC. The maximum atomic E-state index is 13.5. The number of methoxy groups -OCH3 is 2. The third-order valence-corrected chi connectivity index (χ3v) is 6.46. The third kappa shape index (κ3) is 3.71. The molecule has 0 saturated carbocycles. The number of aryl methyl sites for hydroxylation is 1. The summed E-state index contributed by atoms with van der Waals surface area (Å²) in [5.74, 6) is 1.18. The molecule has 0 unspecified atom stereocenters. The summed E-state index contributed by atoms with van der Waals surface area (Å²) in [7, 11) is 5.35. The molecule has 0 N–H and O–H groups in total. The van der Waals surface area contributed by atoms with E-state index in [2.05, 4.69) is 21.3 Å². The van der Waals surface area contributed by atoms with Crippen LogP contribution in [0.3, 0.4) is 0 Å². The summed E-state index contributed by atoms with van der Waals surface area (Å²) in [6, 6.07) is 24.0. The van der Waals surface area contributed by atoms with Gasteiger partial charge < -0.3 is 23.3 Å². The Hall–Kier alpha value is -4.19. The summed E-state index contributed by atoms with van der Waals surface area (Å²) < 4.78 is 20.8. The van der Waals surface area contributed by atoms with Crippen molar-refractivity contribution in [2.45, 2.75) is 13.5 Å². The fourth-order valence-corrected chi connectivity index (χ4v) is 4.90. The van der Waals surface area contributed by atoms with Crippen molar-refractivity contribution in [2.75, 3.05) is 20.8 Å². The number of aromatic nitrogens is 2. The van der Waals surface area contributed by atoms with Gasteiger partial charge in [-0.2, -0.15) is 0 Å². The molecule has 5 rings (SSSR count). The summed E-state index contributed by atoms with van der Waals surface area (Å²) in [6.07, 6.45) is 0. The largest absolute Gasteiger partial charge is 0.497 e. The molecule has 0 amide bonds. The van der Waals surface area contributed by atoms with Crippen molar-refractivity contribution in [2.24, 2.45) is 7.05 Å². The lowest BCUT2D eigenvalue weighted by molar-refractivity contribution is 0.0516. The molecular weight excluding hydrogens is 440 g/mol. The number of fused-ring (bicyclic) bond motifs is 3. The fourth-order valence-electron chi connectivity index (χ4n) is 4.90. The number of carbonyl (C=O) groups excluding carboxylic acids is 1. The zero-order chi connectivity index (χ0) is 24.5. The number of esters is 1. The highest BCUT2D eigenvalue weighted by Gasteiger charge is 2.29. The summed E-state index contributed by atoms with van der Waals surface area (Å²) in [6.45, 7) is 2.57. The van der Waals surface area contributed by atoms with Gasteiger partial charge in [-0.1, -0.05) is 48.5 Å². The van der Waals surface area contributed by atoms with E-state index in [9.17, 15) is 4.79 Å². The van der Waals surface area contributed by atoms with Crippen LogP contribution in [-0.4, -0.2) is 35.9 Å². The van der Waals surface area contributed by atoms with Crippen LogP contribution in [0.2, 0.25) is 0 Å². The zero-order valence-corrected chi connectivity index (χ0v) is 20.4. The summed E-state index contributed by atoms with van der Waals surface area (Å²) >= 11 is 0. The number of carbonyl (C=O) groups is 1. The lowest BCUT2D eigenvalue weighted by atomic mass is 10.0.